The number of hydrogen-bond acceptors (Lipinski definition) is 1. The lowest BCUT2D eigenvalue weighted by Crippen LogP contribution is -2.03. The van der Waals surface area contributed by atoms with Crippen LogP contribution >= 0.6 is 22.6 Å². The average molecular weight is 341 g/mol. The van der Waals surface area contributed by atoms with Crippen LogP contribution in [-0.4, -0.2) is 0 Å². The SMILES string of the molecule is Cc1cccc(F)c1NCc1ccc(I)cc1. The molecule has 0 fully saturated rings. The summed E-state index contributed by atoms with van der Waals surface area (Å²) in [5, 5.41) is 3.14. The van der Waals surface area contributed by atoms with E-state index in [1.807, 2.05) is 37.3 Å². The van der Waals surface area contributed by atoms with Crippen molar-refractivity contribution in [1.29, 1.82) is 0 Å². The highest BCUT2D eigenvalue weighted by atomic mass is 127. The number of halogens is 2. The predicted octanol–water partition coefficient (Wildman–Crippen LogP) is 4.35. The van der Waals surface area contributed by atoms with Gasteiger partial charge in [-0.05, 0) is 58.8 Å². The topological polar surface area (TPSA) is 12.0 Å². The van der Waals surface area contributed by atoms with Crippen molar-refractivity contribution in [3.8, 4) is 0 Å². The largest absolute Gasteiger partial charge is 0.378 e. The molecule has 2 aromatic carbocycles. The summed E-state index contributed by atoms with van der Waals surface area (Å²) in [5.74, 6) is -0.199. The van der Waals surface area contributed by atoms with E-state index in [9.17, 15) is 4.39 Å². The maximum Gasteiger partial charge on any atom is 0.146 e. The molecular weight excluding hydrogens is 328 g/mol. The minimum absolute atomic E-state index is 0.199. The van der Waals surface area contributed by atoms with E-state index >= 15 is 0 Å². The molecule has 17 heavy (non-hydrogen) atoms. The molecule has 0 heterocycles. The molecule has 0 aliphatic heterocycles. The molecule has 2 aromatic rings. The molecule has 1 N–H and O–H groups in total. The van der Waals surface area contributed by atoms with Crippen LogP contribution in [0, 0.1) is 16.3 Å². The van der Waals surface area contributed by atoms with Gasteiger partial charge in [0, 0.05) is 10.1 Å². The first-order chi connectivity index (χ1) is 8.16. The van der Waals surface area contributed by atoms with Crippen LogP contribution in [0.1, 0.15) is 11.1 Å². The molecule has 0 amide bonds. The number of aryl methyl sites for hydroxylation is 1. The zero-order chi connectivity index (χ0) is 12.3. The Hall–Kier alpha value is -1.10. The maximum atomic E-state index is 13.6. The normalized spacial score (nSPS) is 10.3. The van der Waals surface area contributed by atoms with Crippen LogP contribution in [0.5, 0.6) is 0 Å². The Bertz CT molecular complexity index is 488. The van der Waals surface area contributed by atoms with Gasteiger partial charge in [-0.25, -0.2) is 4.39 Å². The Balaban J connectivity index is 2.10. The second kappa shape index (κ2) is 5.49. The average Bonchev–Trinajstić information content (AvgIpc) is 2.31. The summed E-state index contributed by atoms with van der Waals surface area (Å²) >= 11 is 2.27. The van der Waals surface area contributed by atoms with Gasteiger partial charge in [-0.2, -0.15) is 0 Å². The van der Waals surface area contributed by atoms with E-state index < -0.39 is 0 Å². The van der Waals surface area contributed by atoms with Gasteiger partial charge in [0.15, 0.2) is 0 Å². The molecule has 0 saturated carbocycles. The quantitative estimate of drug-likeness (QED) is 0.819. The summed E-state index contributed by atoms with van der Waals surface area (Å²) in [7, 11) is 0. The Morgan fingerprint density at radius 3 is 2.47 bits per heavy atom. The lowest BCUT2D eigenvalue weighted by atomic mass is 10.1. The smallest absolute Gasteiger partial charge is 0.146 e. The van der Waals surface area contributed by atoms with Crippen LogP contribution < -0.4 is 5.32 Å². The van der Waals surface area contributed by atoms with Gasteiger partial charge in [-0.1, -0.05) is 24.3 Å². The molecule has 0 unspecified atom stereocenters. The molecule has 0 saturated heterocycles. The van der Waals surface area contributed by atoms with Crippen molar-refractivity contribution in [2.75, 3.05) is 5.32 Å². The summed E-state index contributed by atoms with van der Waals surface area (Å²) in [5.41, 5.74) is 2.66. The van der Waals surface area contributed by atoms with Crippen molar-refractivity contribution >= 4 is 28.3 Å². The molecule has 1 nitrogen and oxygen atoms in total. The van der Waals surface area contributed by atoms with Gasteiger partial charge < -0.3 is 5.32 Å². The molecule has 0 bridgehead atoms. The minimum Gasteiger partial charge on any atom is -0.378 e. The number of rotatable bonds is 3. The summed E-state index contributed by atoms with van der Waals surface area (Å²) in [4.78, 5) is 0. The highest BCUT2D eigenvalue weighted by Gasteiger charge is 2.04. The summed E-state index contributed by atoms with van der Waals surface area (Å²) in [6.45, 7) is 2.54. The molecule has 0 spiro atoms. The molecule has 2 rings (SSSR count). The van der Waals surface area contributed by atoms with E-state index in [0.717, 1.165) is 11.1 Å². The summed E-state index contributed by atoms with van der Waals surface area (Å²) < 4.78 is 14.8. The first-order valence-corrected chi connectivity index (χ1v) is 6.48. The monoisotopic (exact) mass is 341 g/mol. The van der Waals surface area contributed by atoms with Crippen LogP contribution in [0.4, 0.5) is 10.1 Å². The Labute approximate surface area is 114 Å². The van der Waals surface area contributed by atoms with Gasteiger partial charge in [0.2, 0.25) is 0 Å². The Morgan fingerprint density at radius 2 is 1.82 bits per heavy atom. The predicted molar refractivity (Wildman–Crippen MR) is 77.6 cm³/mol. The van der Waals surface area contributed by atoms with Crippen molar-refractivity contribution in [2.24, 2.45) is 0 Å². The van der Waals surface area contributed by atoms with Crippen LogP contribution in [0.3, 0.4) is 0 Å². The molecule has 88 valence electrons. The van der Waals surface area contributed by atoms with E-state index in [4.69, 9.17) is 0 Å². The molecule has 3 heteroatoms. The van der Waals surface area contributed by atoms with Gasteiger partial charge in [0.05, 0.1) is 5.69 Å². The van der Waals surface area contributed by atoms with Gasteiger partial charge in [-0.15, -0.1) is 0 Å². The van der Waals surface area contributed by atoms with Gasteiger partial charge >= 0.3 is 0 Å². The number of benzene rings is 2. The third kappa shape index (κ3) is 3.19. The van der Waals surface area contributed by atoms with Crippen molar-refractivity contribution in [1.82, 2.24) is 0 Å². The fourth-order valence-electron chi connectivity index (χ4n) is 1.65. The third-order valence-electron chi connectivity index (χ3n) is 2.60. The number of para-hydroxylation sites is 1. The second-order valence-corrected chi connectivity index (χ2v) is 5.16. The molecule has 0 aliphatic rings. The van der Waals surface area contributed by atoms with Gasteiger partial charge in [0.1, 0.15) is 5.82 Å². The maximum absolute atomic E-state index is 13.6. The van der Waals surface area contributed by atoms with Crippen LogP contribution in [0.15, 0.2) is 42.5 Å². The van der Waals surface area contributed by atoms with Crippen molar-refractivity contribution in [3.63, 3.8) is 0 Å². The Kier molecular flexibility index (Phi) is 3.99. The Morgan fingerprint density at radius 1 is 1.12 bits per heavy atom. The van der Waals surface area contributed by atoms with Crippen LogP contribution in [0.2, 0.25) is 0 Å². The highest BCUT2D eigenvalue weighted by molar-refractivity contribution is 14.1. The molecule has 0 atom stereocenters. The molecule has 0 aromatic heterocycles. The fourth-order valence-corrected chi connectivity index (χ4v) is 2.01. The van der Waals surface area contributed by atoms with Gasteiger partial charge in [-0.3, -0.25) is 0 Å². The van der Waals surface area contributed by atoms with Crippen LogP contribution in [-0.2, 0) is 6.54 Å². The van der Waals surface area contributed by atoms with Crippen molar-refractivity contribution in [3.05, 3.63) is 63.0 Å². The minimum atomic E-state index is -0.199. The fraction of sp³-hybridized carbons (Fsp3) is 0.143. The van der Waals surface area contributed by atoms with Crippen molar-refractivity contribution < 1.29 is 4.39 Å². The number of nitrogens with one attached hydrogen (secondary N) is 1. The first-order valence-electron chi connectivity index (χ1n) is 5.40. The second-order valence-electron chi connectivity index (χ2n) is 3.91. The zero-order valence-electron chi connectivity index (χ0n) is 9.50. The van der Waals surface area contributed by atoms with E-state index in [0.29, 0.717) is 12.2 Å². The summed E-state index contributed by atoms with van der Waals surface area (Å²) in [6.07, 6.45) is 0. The molecule has 0 radical (unpaired) electrons. The molecule has 0 aliphatic carbocycles. The first kappa shape index (κ1) is 12.4. The standard InChI is InChI=1S/C14H13FIN/c1-10-3-2-4-13(15)14(10)17-9-11-5-7-12(16)8-6-11/h2-8,17H,9H2,1H3. The lowest BCUT2D eigenvalue weighted by molar-refractivity contribution is 0.629. The zero-order valence-corrected chi connectivity index (χ0v) is 11.7. The highest BCUT2D eigenvalue weighted by Crippen LogP contribution is 2.19. The molecular formula is C14H13FIN. The lowest BCUT2D eigenvalue weighted by Gasteiger charge is -2.10. The van der Waals surface area contributed by atoms with E-state index in [-0.39, 0.29) is 5.82 Å². The number of anilines is 1. The van der Waals surface area contributed by atoms with E-state index in [1.54, 1.807) is 6.07 Å². The van der Waals surface area contributed by atoms with Crippen LogP contribution in [0.25, 0.3) is 0 Å². The van der Waals surface area contributed by atoms with E-state index in [2.05, 4.69) is 27.9 Å². The summed E-state index contributed by atoms with van der Waals surface area (Å²) in [6, 6.07) is 13.3. The van der Waals surface area contributed by atoms with Crippen molar-refractivity contribution in [2.45, 2.75) is 13.5 Å². The number of hydrogen-bond donors (Lipinski definition) is 1. The van der Waals surface area contributed by atoms with Gasteiger partial charge in [0.25, 0.3) is 0 Å². The third-order valence-corrected chi connectivity index (χ3v) is 3.32. The van der Waals surface area contributed by atoms with E-state index in [1.165, 1.54) is 9.64 Å².